The summed E-state index contributed by atoms with van der Waals surface area (Å²) in [5.74, 6) is -1.93. The quantitative estimate of drug-likeness (QED) is 0.711. The number of fused-ring (bicyclic) bond motifs is 1. The van der Waals surface area contributed by atoms with Gasteiger partial charge in [0.05, 0.1) is 21.1 Å². The molecule has 0 spiro atoms. The highest BCUT2D eigenvalue weighted by molar-refractivity contribution is 6.39. The third-order valence-electron chi connectivity index (χ3n) is 3.59. The molecule has 1 aromatic heterocycles. The summed E-state index contributed by atoms with van der Waals surface area (Å²) in [6, 6.07) is 10.9. The number of carbonyl (C=O) groups is 2. The summed E-state index contributed by atoms with van der Waals surface area (Å²) in [6.07, 6.45) is 0. The lowest BCUT2D eigenvalue weighted by Crippen LogP contribution is -2.31. The van der Waals surface area contributed by atoms with Crippen LogP contribution in [0.3, 0.4) is 0 Å². The molecular formula is C17H11Cl2N3O4. The Kier molecular flexibility index (Phi) is 4.92. The number of aromatic nitrogens is 2. The van der Waals surface area contributed by atoms with E-state index in [1.807, 2.05) is 0 Å². The van der Waals surface area contributed by atoms with Gasteiger partial charge in [0.1, 0.15) is 6.54 Å². The predicted octanol–water partition coefficient (Wildman–Crippen LogP) is 3.04. The van der Waals surface area contributed by atoms with Gasteiger partial charge in [0.25, 0.3) is 5.56 Å². The Labute approximate surface area is 156 Å². The Morgan fingerprint density at radius 2 is 1.65 bits per heavy atom. The lowest BCUT2D eigenvalue weighted by atomic mass is 10.1. The molecule has 0 atom stereocenters. The van der Waals surface area contributed by atoms with Crippen molar-refractivity contribution in [1.29, 1.82) is 0 Å². The first-order valence-electron chi connectivity index (χ1n) is 7.35. The van der Waals surface area contributed by atoms with Crippen LogP contribution in [0.15, 0.2) is 47.3 Å². The van der Waals surface area contributed by atoms with Crippen molar-refractivity contribution in [3.8, 4) is 0 Å². The van der Waals surface area contributed by atoms with E-state index in [4.69, 9.17) is 23.2 Å². The Hall–Kier alpha value is -2.90. The van der Waals surface area contributed by atoms with Crippen molar-refractivity contribution in [3.05, 3.63) is 68.6 Å². The van der Waals surface area contributed by atoms with Gasteiger partial charge in [-0.2, -0.15) is 5.10 Å². The minimum atomic E-state index is -1.30. The average molecular weight is 392 g/mol. The zero-order chi connectivity index (χ0) is 18.8. The van der Waals surface area contributed by atoms with Crippen molar-refractivity contribution in [3.63, 3.8) is 0 Å². The van der Waals surface area contributed by atoms with E-state index in [9.17, 15) is 19.5 Å². The fraction of sp³-hybridized carbons (Fsp3) is 0.0588. The van der Waals surface area contributed by atoms with Gasteiger partial charge >= 0.3 is 5.97 Å². The monoisotopic (exact) mass is 391 g/mol. The largest absolute Gasteiger partial charge is 0.476 e. The van der Waals surface area contributed by atoms with E-state index < -0.39 is 24.0 Å². The van der Waals surface area contributed by atoms with Crippen molar-refractivity contribution in [2.24, 2.45) is 0 Å². The first kappa shape index (κ1) is 17.9. The third-order valence-corrected chi connectivity index (χ3v) is 4.22. The first-order valence-corrected chi connectivity index (χ1v) is 8.11. The molecule has 0 bridgehead atoms. The van der Waals surface area contributed by atoms with Crippen molar-refractivity contribution in [2.45, 2.75) is 6.54 Å². The zero-order valence-corrected chi connectivity index (χ0v) is 14.6. The number of para-hydroxylation sites is 1. The number of rotatable bonds is 4. The molecule has 1 heterocycles. The van der Waals surface area contributed by atoms with E-state index in [1.54, 1.807) is 30.3 Å². The molecular weight excluding hydrogens is 381 g/mol. The number of hydrogen-bond acceptors (Lipinski definition) is 4. The van der Waals surface area contributed by atoms with Gasteiger partial charge < -0.3 is 10.4 Å². The molecule has 0 radical (unpaired) electrons. The van der Waals surface area contributed by atoms with E-state index in [0.29, 0.717) is 0 Å². The molecule has 0 saturated carbocycles. The predicted molar refractivity (Wildman–Crippen MR) is 98.1 cm³/mol. The van der Waals surface area contributed by atoms with E-state index in [-0.39, 0.29) is 32.2 Å². The maximum Gasteiger partial charge on any atom is 0.357 e. The molecule has 7 nitrogen and oxygen atoms in total. The maximum absolute atomic E-state index is 12.5. The Bertz CT molecular complexity index is 1070. The summed E-state index contributed by atoms with van der Waals surface area (Å²) in [6.45, 7) is -0.495. The number of carbonyl (C=O) groups excluding carboxylic acids is 1. The minimum Gasteiger partial charge on any atom is -0.476 e. The summed E-state index contributed by atoms with van der Waals surface area (Å²) in [5.41, 5.74) is -0.692. The van der Waals surface area contributed by atoms with Gasteiger partial charge in [-0.25, -0.2) is 9.48 Å². The summed E-state index contributed by atoms with van der Waals surface area (Å²) in [4.78, 5) is 36.2. The molecule has 0 aliphatic rings. The molecule has 2 aromatic carbocycles. The molecule has 0 aliphatic heterocycles. The molecule has 2 N–H and O–H groups in total. The van der Waals surface area contributed by atoms with Crippen molar-refractivity contribution in [2.75, 3.05) is 5.32 Å². The lowest BCUT2D eigenvalue weighted by molar-refractivity contribution is -0.117. The highest BCUT2D eigenvalue weighted by atomic mass is 35.5. The Morgan fingerprint density at radius 1 is 1.04 bits per heavy atom. The molecule has 0 fully saturated rings. The van der Waals surface area contributed by atoms with Gasteiger partial charge in [0.15, 0.2) is 5.69 Å². The zero-order valence-electron chi connectivity index (χ0n) is 13.1. The number of anilines is 1. The smallest absolute Gasteiger partial charge is 0.357 e. The molecule has 26 heavy (non-hydrogen) atoms. The number of halogens is 2. The number of aromatic carboxylic acids is 1. The highest BCUT2D eigenvalue weighted by Crippen LogP contribution is 2.29. The van der Waals surface area contributed by atoms with Gasteiger partial charge in [-0.3, -0.25) is 9.59 Å². The average Bonchev–Trinajstić information content (AvgIpc) is 2.60. The van der Waals surface area contributed by atoms with Crippen molar-refractivity contribution < 1.29 is 14.7 Å². The Balaban J connectivity index is 1.98. The van der Waals surface area contributed by atoms with Crippen LogP contribution in [0.25, 0.3) is 10.8 Å². The van der Waals surface area contributed by atoms with Gasteiger partial charge in [0, 0.05) is 5.39 Å². The fourth-order valence-electron chi connectivity index (χ4n) is 2.43. The number of amides is 1. The van der Waals surface area contributed by atoms with Crippen LogP contribution in [0.2, 0.25) is 10.0 Å². The second-order valence-corrected chi connectivity index (χ2v) is 6.12. The standard InChI is InChI=1S/C17H11Cl2N3O4/c18-11-6-3-7-12(19)15(11)20-13(23)8-22-16(24)10-5-2-1-4-9(10)14(21-22)17(25)26/h1-7H,8H2,(H,20,23)(H,25,26). The number of hydrogen-bond donors (Lipinski definition) is 2. The molecule has 9 heteroatoms. The van der Waals surface area contributed by atoms with E-state index in [1.165, 1.54) is 12.1 Å². The third kappa shape index (κ3) is 3.40. The second-order valence-electron chi connectivity index (χ2n) is 5.31. The van der Waals surface area contributed by atoms with Crippen LogP contribution in [0.4, 0.5) is 5.69 Å². The number of carboxylic acids is 1. The van der Waals surface area contributed by atoms with Crippen molar-refractivity contribution in [1.82, 2.24) is 9.78 Å². The fourth-order valence-corrected chi connectivity index (χ4v) is 2.92. The molecule has 3 rings (SSSR count). The van der Waals surface area contributed by atoms with Crippen LogP contribution in [0.1, 0.15) is 10.5 Å². The summed E-state index contributed by atoms with van der Waals surface area (Å²) >= 11 is 12.0. The summed E-state index contributed by atoms with van der Waals surface area (Å²) < 4.78 is 0.797. The first-order chi connectivity index (χ1) is 12.4. The van der Waals surface area contributed by atoms with E-state index >= 15 is 0 Å². The molecule has 0 saturated heterocycles. The van der Waals surface area contributed by atoms with Crippen LogP contribution >= 0.6 is 23.2 Å². The van der Waals surface area contributed by atoms with Gasteiger partial charge in [0.2, 0.25) is 5.91 Å². The van der Waals surface area contributed by atoms with Gasteiger partial charge in [-0.15, -0.1) is 0 Å². The molecule has 132 valence electrons. The number of benzene rings is 2. The van der Waals surface area contributed by atoms with Crippen LogP contribution < -0.4 is 10.9 Å². The topological polar surface area (TPSA) is 101 Å². The van der Waals surface area contributed by atoms with Gasteiger partial charge in [-0.1, -0.05) is 47.5 Å². The second kappa shape index (κ2) is 7.15. The van der Waals surface area contributed by atoms with Crippen LogP contribution in [0, 0.1) is 0 Å². The summed E-state index contributed by atoms with van der Waals surface area (Å²) in [5, 5.41) is 16.5. The maximum atomic E-state index is 12.5. The minimum absolute atomic E-state index is 0.156. The van der Waals surface area contributed by atoms with Gasteiger partial charge in [-0.05, 0) is 18.2 Å². The van der Waals surface area contributed by atoms with Crippen LogP contribution in [0.5, 0.6) is 0 Å². The van der Waals surface area contributed by atoms with Crippen LogP contribution in [-0.4, -0.2) is 26.8 Å². The molecule has 0 unspecified atom stereocenters. The molecule has 1 amide bonds. The van der Waals surface area contributed by atoms with Crippen molar-refractivity contribution >= 4 is 51.5 Å². The van der Waals surface area contributed by atoms with E-state index in [0.717, 1.165) is 4.68 Å². The lowest BCUT2D eigenvalue weighted by Gasteiger charge is -2.11. The highest BCUT2D eigenvalue weighted by Gasteiger charge is 2.18. The Morgan fingerprint density at radius 3 is 2.27 bits per heavy atom. The molecule has 3 aromatic rings. The summed E-state index contributed by atoms with van der Waals surface area (Å²) in [7, 11) is 0. The molecule has 0 aliphatic carbocycles. The van der Waals surface area contributed by atoms with Crippen LogP contribution in [-0.2, 0) is 11.3 Å². The normalized spacial score (nSPS) is 10.7. The van der Waals surface area contributed by atoms with E-state index in [2.05, 4.69) is 10.4 Å². The SMILES string of the molecule is O=C(Cn1nc(C(=O)O)c2ccccc2c1=O)Nc1c(Cl)cccc1Cl. The number of nitrogens with one attached hydrogen (secondary N) is 1. The number of nitrogens with zero attached hydrogens (tertiary/aromatic N) is 2. The number of carboxylic acid groups (broad SMARTS) is 1.